The van der Waals surface area contributed by atoms with E-state index in [-0.39, 0.29) is 155 Å². The van der Waals surface area contributed by atoms with Crippen molar-refractivity contribution in [2.24, 2.45) is 34.8 Å². The minimum atomic E-state index is -0.664. The van der Waals surface area contributed by atoms with Gasteiger partial charge in [-0.05, 0) is 109 Å². The fourth-order valence-corrected chi connectivity index (χ4v) is 18.0. The lowest BCUT2D eigenvalue weighted by atomic mass is 9.98. The summed E-state index contributed by atoms with van der Waals surface area (Å²) >= 11 is 0. The van der Waals surface area contributed by atoms with Gasteiger partial charge in [-0.3, -0.25) is 62.3 Å². The van der Waals surface area contributed by atoms with Crippen LogP contribution in [0.4, 0.5) is 0 Å². The summed E-state index contributed by atoms with van der Waals surface area (Å²) in [5, 5.41) is 3.05. The van der Waals surface area contributed by atoms with Gasteiger partial charge in [0.25, 0.3) is 0 Å². The Morgan fingerprint density at radius 2 is 0.425 bits per heavy atom. The Hall–Kier alpha value is -11.7. The van der Waals surface area contributed by atoms with Crippen molar-refractivity contribution in [1.29, 1.82) is 0 Å². The first-order valence-corrected chi connectivity index (χ1v) is 54.5. The Kier molecular flexibility index (Phi) is 62.5. The molecule has 6 aromatic carbocycles. The average molecular weight is 2020 g/mol. The maximum absolute atomic E-state index is 15.8. The highest BCUT2D eigenvalue weighted by Gasteiger charge is 2.35. The second-order valence-corrected chi connectivity index (χ2v) is 38.9. The molecule has 146 heavy (non-hydrogen) atoms. The third kappa shape index (κ3) is 50.1. The Bertz CT molecular complexity index is 4710. The zero-order valence-electron chi connectivity index (χ0n) is 89.2. The first-order chi connectivity index (χ1) is 70.9. The number of hydrogen-bond donors (Lipinski definition) is 5. The van der Waals surface area contributed by atoms with E-state index in [2.05, 4.69) is 46.9 Å². The number of nitrogens with one attached hydrogen (secondary N) is 1. The van der Waals surface area contributed by atoms with Crippen molar-refractivity contribution < 1.29 is 62.3 Å². The van der Waals surface area contributed by atoms with Crippen LogP contribution in [0.1, 0.15) is 229 Å². The van der Waals surface area contributed by atoms with E-state index in [0.717, 1.165) is 168 Å². The predicted octanol–water partition coefficient (Wildman–Crippen LogP) is 12.1. The number of primary amides is 1. The molecular formula is C116H177N17O13. The van der Waals surface area contributed by atoms with Crippen LogP contribution in [0.2, 0.25) is 0 Å². The van der Waals surface area contributed by atoms with E-state index in [4.69, 9.17) is 22.9 Å². The number of carbonyl (C=O) groups is 13. The summed E-state index contributed by atoms with van der Waals surface area (Å²) in [6, 6.07) is 56.7. The molecule has 0 radical (unpaired) electrons. The number of nitrogens with zero attached hydrogens (tertiary/aromatic N) is 12. The third-order valence-electron chi connectivity index (χ3n) is 27.2. The van der Waals surface area contributed by atoms with Gasteiger partial charge in [0.15, 0.2) is 0 Å². The van der Waals surface area contributed by atoms with Crippen LogP contribution in [0.15, 0.2) is 182 Å². The van der Waals surface area contributed by atoms with Crippen LogP contribution in [0.3, 0.4) is 0 Å². The maximum atomic E-state index is 15.8. The molecule has 0 saturated heterocycles. The van der Waals surface area contributed by atoms with Crippen LogP contribution in [0.5, 0.6) is 0 Å². The molecular weight excluding hydrogens is 1840 g/mol. The van der Waals surface area contributed by atoms with Crippen LogP contribution < -0.4 is 28.3 Å². The van der Waals surface area contributed by atoms with Gasteiger partial charge in [-0.2, -0.15) is 0 Å². The van der Waals surface area contributed by atoms with E-state index >= 15 is 43.2 Å². The minimum absolute atomic E-state index is 0.0117. The van der Waals surface area contributed by atoms with Crippen LogP contribution in [-0.2, 0) is 101 Å². The summed E-state index contributed by atoms with van der Waals surface area (Å²) < 4.78 is 0. The standard InChI is InChI=1S/C116H177N17O13/c1-7-13-17-19-21-23-25-45-71-122(94-116(146)133(83-97(12-6)48-16-10-4)95-114(144)123(72-46-26-24-22-20-18-14-8-2)93-115(145)132(84-104(120)134)82-96(11-5)47-15-9-3)106(136)86-125(74-62-99-51-35-28-36-52-99)108(138)87-126(75-63-100-53-37-29-38-54-100)110(140)92-131(80-69-119)113(143)90-129(78-66-103-59-43-32-44-60-103)109(139)88-127(76-64-101-55-39-30-40-56-101)111(141)91-130(79-68-118)112(142)89-128(77-65-102-57-41-31-42-58-102)107(137)85-124(105(135)81-121-70-67-117)73-61-98-49-33-27-34-50-98/h27-44,49-60,96-97,121H,7-26,45-48,61-95,117-119H2,1-6H3,(H2,120,134). The van der Waals surface area contributed by atoms with Crippen molar-refractivity contribution in [2.75, 3.05) is 190 Å². The number of carbonyl (C=O) groups excluding carboxylic acids is 13. The van der Waals surface area contributed by atoms with Gasteiger partial charge >= 0.3 is 0 Å². The summed E-state index contributed by atoms with van der Waals surface area (Å²) in [5.74, 6) is -6.95. The van der Waals surface area contributed by atoms with Gasteiger partial charge in [-0.15, -0.1) is 0 Å². The molecule has 0 aliphatic heterocycles. The molecule has 0 aromatic heterocycles. The lowest BCUT2D eigenvalue weighted by Gasteiger charge is -2.34. The van der Waals surface area contributed by atoms with Gasteiger partial charge in [-0.25, -0.2) is 0 Å². The van der Waals surface area contributed by atoms with Gasteiger partial charge < -0.3 is 87.1 Å². The molecule has 30 nitrogen and oxygen atoms in total. The monoisotopic (exact) mass is 2020 g/mol. The van der Waals surface area contributed by atoms with E-state index in [0.29, 0.717) is 58.2 Å². The molecule has 13 amide bonds. The first-order valence-electron chi connectivity index (χ1n) is 54.5. The second kappa shape index (κ2) is 74.2. The van der Waals surface area contributed by atoms with E-state index in [1.807, 2.05) is 182 Å². The van der Waals surface area contributed by atoms with Crippen LogP contribution in [-0.4, -0.2) is 325 Å². The highest BCUT2D eigenvalue weighted by atomic mass is 16.2. The second-order valence-electron chi connectivity index (χ2n) is 38.9. The van der Waals surface area contributed by atoms with Crippen LogP contribution >= 0.6 is 0 Å². The zero-order valence-corrected chi connectivity index (χ0v) is 89.2. The number of nitrogens with two attached hydrogens (primary N) is 4. The molecule has 6 rings (SSSR count). The maximum Gasteiger partial charge on any atom is 0.242 e. The van der Waals surface area contributed by atoms with Crippen molar-refractivity contribution >= 4 is 76.8 Å². The Balaban J connectivity index is 1.34. The molecule has 0 bridgehead atoms. The number of benzene rings is 6. The molecule has 0 spiro atoms. The van der Waals surface area contributed by atoms with E-state index < -0.39 is 123 Å². The van der Waals surface area contributed by atoms with E-state index in [1.54, 1.807) is 9.80 Å². The fraction of sp³-hybridized carbons (Fsp3) is 0.578. The molecule has 9 N–H and O–H groups in total. The average Bonchev–Trinajstić information content (AvgIpc) is 0.847. The lowest BCUT2D eigenvalue weighted by molar-refractivity contribution is -0.149. The van der Waals surface area contributed by atoms with Gasteiger partial charge in [-0.1, -0.05) is 352 Å². The van der Waals surface area contributed by atoms with Crippen LogP contribution in [0.25, 0.3) is 0 Å². The quantitative estimate of drug-likeness (QED) is 0.0221. The van der Waals surface area contributed by atoms with Crippen molar-refractivity contribution in [3.8, 4) is 0 Å². The smallest absolute Gasteiger partial charge is 0.242 e. The van der Waals surface area contributed by atoms with Gasteiger partial charge in [0, 0.05) is 105 Å². The van der Waals surface area contributed by atoms with E-state index in [1.165, 1.54) is 49.0 Å². The molecule has 0 saturated carbocycles. The van der Waals surface area contributed by atoms with Gasteiger partial charge in [0.2, 0.25) is 76.8 Å². The Morgan fingerprint density at radius 3 is 0.644 bits per heavy atom. The largest absolute Gasteiger partial charge is 0.368 e. The van der Waals surface area contributed by atoms with Crippen LogP contribution in [0, 0.1) is 11.8 Å². The summed E-state index contributed by atoms with van der Waals surface area (Å²) in [4.78, 5) is 213. The number of amides is 13. The molecule has 6 aromatic rings. The molecule has 2 atom stereocenters. The molecule has 30 heteroatoms. The third-order valence-corrected chi connectivity index (χ3v) is 27.2. The predicted molar refractivity (Wildman–Crippen MR) is 581 cm³/mol. The van der Waals surface area contributed by atoms with Crippen molar-refractivity contribution in [3.63, 3.8) is 0 Å². The molecule has 0 fully saturated rings. The molecule has 0 aliphatic rings. The Morgan fingerprint density at radius 1 is 0.226 bits per heavy atom. The summed E-state index contributed by atoms with van der Waals surface area (Å²) in [7, 11) is 0. The van der Waals surface area contributed by atoms with Crippen molar-refractivity contribution in [2.45, 2.75) is 234 Å². The molecule has 2 unspecified atom stereocenters. The zero-order chi connectivity index (χ0) is 106. The Labute approximate surface area is 872 Å². The fourth-order valence-electron chi connectivity index (χ4n) is 18.0. The number of rotatable bonds is 80. The molecule has 0 heterocycles. The van der Waals surface area contributed by atoms with E-state index in [9.17, 15) is 19.2 Å². The number of hydrogen-bond acceptors (Lipinski definition) is 17. The minimum Gasteiger partial charge on any atom is -0.368 e. The SMILES string of the molecule is CCCCCCCCCCN(CC(=O)N(CC(=O)N(CCCCCCCCCC)CC(=O)N(CC(N)=O)CC(CC)CCCC)CC(CC)CCCC)C(=O)CN(CCc1ccccc1)C(=O)CN(CCc1ccccc1)C(=O)CN(CCN)C(=O)CN(CCc1ccccc1)C(=O)CN(CCc1ccccc1)C(=O)CN(CCN)C(=O)CN(CCc1ccccc1)C(=O)CN(CCc1ccccc1)C(=O)CNCCN. The molecule has 804 valence electrons. The lowest BCUT2D eigenvalue weighted by Crippen LogP contribution is -2.54. The summed E-state index contributed by atoms with van der Waals surface area (Å²) in [5.41, 5.74) is 29.5. The van der Waals surface area contributed by atoms with Gasteiger partial charge in [0.1, 0.15) is 0 Å². The summed E-state index contributed by atoms with van der Waals surface area (Å²) in [6.07, 6.45) is 24.3. The normalized spacial score (nSPS) is 11.5. The van der Waals surface area contributed by atoms with Crippen molar-refractivity contribution in [3.05, 3.63) is 215 Å². The topological polar surface area (TPSA) is 377 Å². The molecule has 0 aliphatic carbocycles. The van der Waals surface area contributed by atoms with Crippen molar-refractivity contribution in [1.82, 2.24) is 64.1 Å². The first kappa shape index (κ1) is 123. The van der Waals surface area contributed by atoms with Gasteiger partial charge in [0.05, 0.1) is 85.1 Å². The highest BCUT2D eigenvalue weighted by molar-refractivity contribution is 5.95. The number of unbranched alkanes of at least 4 members (excludes halogenated alkanes) is 16. The highest BCUT2D eigenvalue weighted by Crippen LogP contribution is 2.22. The summed E-state index contributed by atoms with van der Waals surface area (Å²) in [6.45, 7) is 8.44.